The second-order valence-electron chi connectivity index (χ2n) is 8.29. The van der Waals surface area contributed by atoms with Gasteiger partial charge in [-0.1, -0.05) is 60.7 Å². The van der Waals surface area contributed by atoms with Gasteiger partial charge in [0.25, 0.3) is 0 Å². The Morgan fingerprint density at radius 1 is 0.875 bits per heavy atom. The summed E-state index contributed by atoms with van der Waals surface area (Å²) >= 11 is 0. The van der Waals surface area contributed by atoms with Gasteiger partial charge < -0.3 is 14.7 Å². The van der Waals surface area contributed by atoms with Crippen molar-refractivity contribution in [1.82, 2.24) is 14.8 Å². The Bertz CT molecular complexity index is 1100. The molecule has 3 aromatic rings. The molecule has 2 aliphatic rings. The van der Waals surface area contributed by atoms with Crippen LogP contribution in [-0.4, -0.2) is 52.8 Å². The van der Waals surface area contributed by atoms with Crippen molar-refractivity contribution in [2.45, 2.75) is 19.0 Å². The number of piperazine rings is 1. The van der Waals surface area contributed by atoms with Crippen LogP contribution in [0.2, 0.25) is 0 Å². The van der Waals surface area contributed by atoms with Crippen LogP contribution in [0.5, 0.6) is 0 Å². The van der Waals surface area contributed by atoms with Crippen molar-refractivity contribution < 1.29 is 9.59 Å². The number of hydrogen-bond acceptors (Lipinski definition) is 4. The number of aromatic nitrogens is 1. The molecule has 2 aromatic carbocycles. The molecule has 6 heteroatoms. The van der Waals surface area contributed by atoms with Gasteiger partial charge in [0.15, 0.2) is 0 Å². The average Bonchev–Trinajstić information content (AvgIpc) is 2.85. The third kappa shape index (κ3) is 3.96. The molecule has 1 aromatic heterocycles. The van der Waals surface area contributed by atoms with E-state index in [1.54, 1.807) is 11.1 Å². The van der Waals surface area contributed by atoms with Gasteiger partial charge in [-0.05, 0) is 28.8 Å². The normalized spacial score (nSPS) is 18.4. The summed E-state index contributed by atoms with van der Waals surface area (Å²) in [4.78, 5) is 37.2. The number of hydrogen-bond donors (Lipinski definition) is 0. The van der Waals surface area contributed by atoms with Crippen molar-refractivity contribution in [3.05, 3.63) is 95.7 Å². The molecule has 0 radical (unpaired) electrons. The molecule has 2 amide bonds. The number of carbonyl (C=O) groups excluding carboxylic acids is 2. The van der Waals surface area contributed by atoms with Crippen molar-refractivity contribution in [3.63, 3.8) is 0 Å². The van der Waals surface area contributed by atoms with E-state index < -0.39 is 6.04 Å². The highest BCUT2D eigenvalue weighted by Crippen LogP contribution is 2.33. The predicted octanol–water partition coefficient (Wildman–Crippen LogP) is 3.06. The summed E-state index contributed by atoms with van der Waals surface area (Å²) < 4.78 is 0. The molecular weight excluding hydrogens is 400 g/mol. The van der Waals surface area contributed by atoms with Crippen LogP contribution in [0, 0.1) is 0 Å². The molecule has 32 heavy (non-hydrogen) atoms. The van der Waals surface area contributed by atoms with Crippen molar-refractivity contribution in [3.8, 4) is 0 Å². The largest absolute Gasteiger partial charge is 0.353 e. The molecule has 0 bridgehead atoms. The zero-order chi connectivity index (χ0) is 21.9. The van der Waals surface area contributed by atoms with Crippen LogP contribution in [0.25, 0.3) is 0 Å². The Kier molecular flexibility index (Phi) is 5.58. The van der Waals surface area contributed by atoms with E-state index in [0.29, 0.717) is 26.1 Å². The van der Waals surface area contributed by atoms with Crippen LogP contribution in [0.4, 0.5) is 5.82 Å². The van der Waals surface area contributed by atoms with Crippen LogP contribution >= 0.6 is 0 Å². The van der Waals surface area contributed by atoms with E-state index in [9.17, 15) is 9.59 Å². The van der Waals surface area contributed by atoms with Gasteiger partial charge in [0, 0.05) is 38.9 Å². The monoisotopic (exact) mass is 426 g/mol. The van der Waals surface area contributed by atoms with Crippen LogP contribution in [0.15, 0.2) is 79.0 Å². The van der Waals surface area contributed by atoms with E-state index >= 15 is 0 Å². The van der Waals surface area contributed by atoms with Gasteiger partial charge in [0.05, 0.1) is 6.42 Å². The van der Waals surface area contributed by atoms with Gasteiger partial charge in [-0.15, -0.1) is 0 Å². The quantitative estimate of drug-likeness (QED) is 0.644. The molecule has 0 unspecified atom stereocenters. The molecule has 1 saturated heterocycles. The lowest BCUT2D eigenvalue weighted by atomic mass is 9.90. The SMILES string of the molecule is O=C([C@@H]1c2ccccc2CC(=O)N1Cc1ccccc1)N1CCN(c2ccccn2)CC1. The highest BCUT2D eigenvalue weighted by molar-refractivity contribution is 5.92. The Balaban J connectivity index is 1.39. The summed E-state index contributed by atoms with van der Waals surface area (Å²) in [5.74, 6) is 0.934. The molecule has 0 saturated carbocycles. The van der Waals surface area contributed by atoms with E-state index in [1.165, 1.54) is 0 Å². The average molecular weight is 427 g/mol. The lowest BCUT2D eigenvalue weighted by molar-refractivity contribution is -0.148. The number of nitrogens with zero attached hydrogens (tertiary/aromatic N) is 4. The molecule has 1 fully saturated rings. The third-order valence-electron chi connectivity index (χ3n) is 6.32. The van der Waals surface area contributed by atoms with Crippen molar-refractivity contribution in [2.24, 2.45) is 0 Å². The smallest absolute Gasteiger partial charge is 0.250 e. The maximum Gasteiger partial charge on any atom is 0.250 e. The van der Waals surface area contributed by atoms with Crippen molar-refractivity contribution in [2.75, 3.05) is 31.1 Å². The second kappa shape index (κ2) is 8.83. The molecule has 0 spiro atoms. The Morgan fingerprint density at radius 2 is 1.59 bits per heavy atom. The Morgan fingerprint density at radius 3 is 2.34 bits per heavy atom. The van der Waals surface area contributed by atoms with Gasteiger partial charge in [-0.25, -0.2) is 4.98 Å². The number of amides is 2. The minimum absolute atomic E-state index is 0.00183. The molecule has 1 atom stereocenters. The van der Waals surface area contributed by atoms with Crippen LogP contribution in [0.3, 0.4) is 0 Å². The number of benzene rings is 2. The van der Waals surface area contributed by atoms with Crippen LogP contribution < -0.4 is 4.90 Å². The van der Waals surface area contributed by atoms with Crippen LogP contribution in [-0.2, 0) is 22.6 Å². The summed E-state index contributed by atoms with van der Waals surface area (Å²) in [6.45, 7) is 3.11. The molecule has 3 heterocycles. The zero-order valence-electron chi connectivity index (χ0n) is 17.9. The maximum absolute atomic E-state index is 13.8. The Labute approximate surface area is 188 Å². The molecule has 2 aliphatic heterocycles. The van der Waals surface area contributed by atoms with Gasteiger partial charge in [-0.3, -0.25) is 9.59 Å². The number of fused-ring (bicyclic) bond motifs is 1. The maximum atomic E-state index is 13.8. The first-order valence-electron chi connectivity index (χ1n) is 11.1. The van der Waals surface area contributed by atoms with Crippen molar-refractivity contribution >= 4 is 17.6 Å². The molecule has 0 aliphatic carbocycles. The number of carbonyl (C=O) groups is 2. The zero-order valence-corrected chi connectivity index (χ0v) is 17.9. The lowest BCUT2D eigenvalue weighted by Crippen LogP contribution is -2.54. The Hall–Kier alpha value is -3.67. The topological polar surface area (TPSA) is 56.8 Å². The van der Waals surface area contributed by atoms with Gasteiger partial charge in [0.1, 0.15) is 11.9 Å². The van der Waals surface area contributed by atoms with Gasteiger partial charge >= 0.3 is 0 Å². The van der Waals surface area contributed by atoms with Gasteiger partial charge in [-0.2, -0.15) is 0 Å². The highest BCUT2D eigenvalue weighted by atomic mass is 16.2. The number of pyridine rings is 1. The fourth-order valence-electron chi connectivity index (χ4n) is 4.63. The third-order valence-corrected chi connectivity index (χ3v) is 6.32. The minimum atomic E-state index is -0.589. The van der Waals surface area contributed by atoms with Gasteiger partial charge in [0.2, 0.25) is 11.8 Å². The molecule has 0 N–H and O–H groups in total. The number of anilines is 1. The standard InChI is InChI=1S/C26H26N4O2/c31-24-18-21-10-4-5-11-22(21)25(30(24)19-20-8-2-1-3-9-20)26(32)29-16-14-28(15-17-29)23-12-6-7-13-27-23/h1-13,25H,14-19H2/t25-/m0/s1. The summed E-state index contributed by atoms with van der Waals surface area (Å²) in [5, 5.41) is 0. The fraction of sp³-hybridized carbons (Fsp3) is 0.269. The first-order chi connectivity index (χ1) is 15.7. The second-order valence-corrected chi connectivity index (χ2v) is 8.29. The van der Waals surface area contributed by atoms with Crippen molar-refractivity contribution in [1.29, 1.82) is 0 Å². The molecule has 5 rings (SSSR count). The van der Waals surface area contributed by atoms with Crippen LogP contribution in [0.1, 0.15) is 22.7 Å². The minimum Gasteiger partial charge on any atom is -0.353 e. The first-order valence-corrected chi connectivity index (χ1v) is 11.1. The fourth-order valence-corrected chi connectivity index (χ4v) is 4.63. The molecule has 162 valence electrons. The molecular formula is C26H26N4O2. The summed E-state index contributed by atoms with van der Waals surface area (Å²) in [6, 6.07) is 23.0. The van der Waals surface area contributed by atoms with E-state index in [4.69, 9.17) is 0 Å². The summed E-state index contributed by atoms with van der Waals surface area (Å²) in [7, 11) is 0. The van der Waals surface area contributed by atoms with E-state index in [2.05, 4.69) is 9.88 Å². The molecule has 6 nitrogen and oxygen atoms in total. The van der Waals surface area contributed by atoms with E-state index in [1.807, 2.05) is 77.7 Å². The van der Waals surface area contributed by atoms with E-state index in [0.717, 1.165) is 35.6 Å². The summed E-state index contributed by atoms with van der Waals surface area (Å²) in [6.07, 6.45) is 2.12. The highest BCUT2D eigenvalue weighted by Gasteiger charge is 2.39. The lowest BCUT2D eigenvalue weighted by Gasteiger charge is -2.41. The summed E-state index contributed by atoms with van der Waals surface area (Å²) in [5.41, 5.74) is 2.92. The first kappa shape index (κ1) is 20.2. The van der Waals surface area contributed by atoms with E-state index in [-0.39, 0.29) is 11.8 Å². The predicted molar refractivity (Wildman–Crippen MR) is 123 cm³/mol. The number of rotatable bonds is 4.